The third-order valence-electron chi connectivity index (χ3n) is 5.16. The molecule has 0 radical (unpaired) electrons. The van der Waals surface area contributed by atoms with Crippen LogP contribution >= 0.6 is 0 Å². The quantitative estimate of drug-likeness (QED) is 0.704. The Hall–Kier alpha value is -2.44. The second-order valence-corrected chi connectivity index (χ2v) is 8.45. The lowest BCUT2D eigenvalue weighted by molar-refractivity contribution is 0.0923. The van der Waals surface area contributed by atoms with Crippen molar-refractivity contribution in [1.82, 2.24) is 20.4 Å². The first-order valence-corrected chi connectivity index (χ1v) is 10.2. The number of nitrogens with one attached hydrogen (secondary N) is 1. The first-order chi connectivity index (χ1) is 13.5. The Morgan fingerprint density at radius 1 is 1.25 bits per heavy atom. The molecular formula is C21H28N4O3. The molecule has 0 bridgehead atoms. The van der Waals surface area contributed by atoms with E-state index in [0.29, 0.717) is 47.6 Å². The van der Waals surface area contributed by atoms with E-state index in [-0.39, 0.29) is 11.9 Å². The summed E-state index contributed by atoms with van der Waals surface area (Å²) in [6.07, 6.45) is 5.50. The number of aryl methyl sites for hydroxylation is 1. The second kappa shape index (κ2) is 7.89. The number of amides is 1. The van der Waals surface area contributed by atoms with E-state index in [1.807, 2.05) is 6.07 Å². The third-order valence-corrected chi connectivity index (χ3v) is 5.16. The smallest absolute Gasteiger partial charge is 0.270 e. The lowest BCUT2D eigenvalue weighted by Crippen LogP contribution is -2.31. The van der Waals surface area contributed by atoms with E-state index in [1.165, 1.54) is 25.7 Å². The van der Waals surface area contributed by atoms with E-state index < -0.39 is 0 Å². The van der Waals surface area contributed by atoms with Gasteiger partial charge in [-0.15, -0.1) is 0 Å². The van der Waals surface area contributed by atoms with Gasteiger partial charge in [-0.25, -0.2) is 4.98 Å². The summed E-state index contributed by atoms with van der Waals surface area (Å²) in [5, 5.41) is 7.01. The minimum Gasteiger partial charge on any atom is -0.477 e. The highest BCUT2D eigenvalue weighted by molar-refractivity contribution is 5.92. The van der Waals surface area contributed by atoms with Crippen LogP contribution in [0.15, 0.2) is 16.7 Å². The molecule has 2 aliphatic rings. The summed E-state index contributed by atoms with van der Waals surface area (Å²) in [5.41, 5.74) is 1.49. The van der Waals surface area contributed by atoms with Crippen LogP contribution in [0.1, 0.15) is 85.7 Å². The number of carbonyl (C=O) groups excluding carboxylic acids is 1. The molecular weight excluding hydrogens is 356 g/mol. The van der Waals surface area contributed by atoms with Gasteiger partial charge >= 0.3 is 0 Å². The molecule has 1 atom stereocenters. The number of hydrogen-bond donors (Lipinski definition) is 1. The fourth-order valence-electron chi connectivity index (χ4n) is 3.27. The highest BCUT2D eigenvalue weighted by Crippen LogP contribution is 2.44. The first-order valence-electron chi connectivity index (χ1n) is 10.2. The second-order valence-electron chi connectivity index (χ2n) is 8.45. The molecule has 2 aromatic rings. The molecule has 4 rings (SSSR count). The summed E-state index contributed by atoms with van der Waals surface area (Å²) in [5.74, 6) is 2.90. The zero-order valence-corrected chi connectivity index (χ0v) is 16.8. The van der Waals surface area contributed by atoms with Gasteiger partial charge in [-0.1, -0.05) is 25.1 Å². The molecule has 1 unspecified atom stereocenters. The minimum atomic E-state index is -0.314. The minimum absolute atomic E-state index is 0.244. The van der Waals surface area contributed by atoms with Gasteiger partial charge < -0.3 is 14.6 Å². The van der Waals surface area contributed by atoms with Gasteiger partial charge in [-0.05, 0) is 55.9 Å². The number of nitrogens with zero attached hydrogens (tertiary/aromatic N) is 3. The van der Waals surface area contributed by atoms with E-state index in [2.05, 4.69) is 34.3 Å². The largest absolute Gasteiger partial charge is 0.477 e. The molecule has 0 aliphatic heterocycles. The van der Waals surface area contributed by atoms with Crippen molar-refractivity contribution in [2.75, 3.05) is 6.61 Å². The van der Waals surface area contributed by atoms with Crippen molar-refractivity contribution in [3.8, 4) is 5.88 Å². The van der Waals surface area contributed by atoms with E-state index in [4.69, 9.17) is 9.26 Å². The van der Waals surface area contributed by atoms with Crippen molar-refractivity contribution in [2.45, 2.75) is 64.8 Å². The van der Waals surface area contributed by atoms with Crippen LogP contribution in [0.5, 0.6) is 5.88 Å². The lowest BCUT2D eigenvalue weighted by atomic mass is 10.0. The Balaban J connectivity index is 1.51. The first kappa shape index (κ1) is 18.9. The summed E-state index contributed by atoms with van der Waals surface area (Å²) in [6, 6.07) is 3.48. The molecule has 7 nitrogen and oxygen atoms in total. The third kappa shape index (κ3) is 4.69. The van der Waals surface area contributed by atoms with Gasteiger partial charge in [-0.3, -0.25) is 4.79 Å². The van der Waals surface area contributed by atoms with Gasteiger partial charge in [0.25, 0.3) is 5.91 Å². The lowest BCUT2D eigenvalue weighted by Gasteiger charge is -2.18. The molecule has 0 spiro atoms. The average Bonchev–Trinajstić information content (AvgIpc) is 3.58. The zero-order chi connectivity index (χ0) is 19.7. The molecule has 2 fully saturated rings. The summed E-state index contributed by atoms with van der Waals surface area (Å²) < 4.78 is 11.1. The maximum absolute atomic E-state index is 12.9. The predicted molar refractivity (Wildman–Crippen MR) is 103 cm³/mol. The van der Waals surface area contributed by atoms with Crippen molar-refractivity contribution in [1.29, 1.82) is 0 Å². The van der Waals surface area contributed by atoms with Crippen molar-refractivity contribution in [3.63, 3.8) is 0 Å². The molecule has 2 aromatic heterocycles. The van der Waals surface area contributed by atoms with Crippen molar-refractivity contribution in [3.05, 3.63) is 35.1 Å². The van der Waals surface area contributed by atoms with Crippen molar-refractivity contribution in [2.24, 2.45) is 11.8 Å². The molecule has 2 heterocycles. The van der Waals surface area contributed by atoms with Gasteiger partial charge in [0.1, 0.15) is 5.69 Å². The van der Waals surface area contributed by atoms with Crippen LogP contribution < -0.4 is 10.1 Å². The van der Waals surface area contributed by atoms with Crippen LogP contribution in [0.25, 0.3) is 0 Å². The van der Waals surface area contributed by atoms with Crippen LogP contribution in [0.4, 0.5) is 0 Å². The molecule has 2 aliphatic carbocycles. The van der Waals surface area contributed by atoms with Gasteiger partial charge in [0.2, 0.25) is 11.8 Å². The zero-order valence-electron chi connectivity index (χ0n) is 16.8. The Kier molecular flexibility index (Phi) is 5.33. The molecule has 1 amide bonds. The monoisotopic (exact) mass is 384 g/mol. The number of pyridine rings is 1. The van der Waals surface area contributed by atoms with Gasteiger partial charge in [0.15, 0.2) is 5.82 Å². The molecule has 150 valence electrons. The van der Waals surface area contributed by atoms with Crippen LogP contribution in [0.2, 0.25) is 0 Å². The molecule has 1 N–H and O–H groups in total. The Morgan fingerprint density at radius 2 is 2.04 bits per heavy atom. The number of aromatic nitrogens is 3. The fourth-order valence-corrected chi connectivity index (χ4v) is 3.27. The van der Waals surface area contributed by atoms with Crippen LogP contribution in [-0.2, 0) is 0 Å². The summed E-state index contributed by atoms with van der Waals surface area (Å²) in [7, 11) is 0. The van der Waals surface area contributed by atoms with E-state index in [0.717, 1.165) is 12.0 Å². The van der Waals surface area contributed by atoms with E-state index >= 15 is 0 Å². The Morgan fingerprint density at radius 3 is 2.64 bits per heavy atom. The number of hydrogen-bond acceptors (Lipinski definition) is 6. The SMILES string of the molecule is Cc1nc(C(CC(C)C)NC(=O)c2ccc(C3CC3)c(OCC3CC3)n2)no1. The predicted octanol–water partition coefficient (Wildman–Crippen LogP) is 3.96. The summed E-state index contributed by atoms with van der Waals surface area (Å²) in [6.45, 7) is 6.62. The molecule has 0 aromatic carbocycles. The maximum atomic E-state index is 12.9. The molecule has 0 saturated heterocycles. The maximum Gasteiger partial charge on any atom is 0.270 e. The Bertz CT molecular complexity index is 840. The number of ether oxygens (including phenoxy) is 1. The topological polar surface area (TPSA) is 90.1 Å². The number of carbonyl (C=O) groups is 1. The highest BCUT2D eigenvalue weighted by atomic mass is 16.5. The van der Waals surface area contributed by atoms with E-state index in [1.54, 1.807) is 13.0 Å². The summed E-state index contributed by atoms with van der Waals surface area (Å²) in [4.78, 5) is 21.8. The van der Waals surface area contributed by atoms with Crippen molar-refractivity contribution >= 4 is 5.91 Å². The molecule has 7 heteroatoms. The average molecular weight is 384 g/mol. The van der Waals surface area contributed by atoms with Gasteiger partial charge in [0.05, 0.1) is 12.6 Å². The van der Waals surface area contributed by atoms with Gasteiger partial charge in [-0.2, -0.15) is 4.98 Å². The summed E-state index contributed by atoms with van der Waals surface area (Å²) >= 11 is 0. The highest BCUT2D eigenvalue weighted by Gasteiger charge is 2.30. The van der Waals surface area contributed by atoms with Crippen LogP contribution in [0, 0.1) is 18.8 Å². The Labute approximate surface area is 165 Å². The fraction of sp³-hybridized carbons (Fsp3) is 0.619. The number of rotatable bonds is 9. The van der Waals surface area contributed by atoms with Crippen molar-refractivity contribution < 1.29 is 14.1 Å². The molecule has 28 heavy (non-hydrogen) atoms. The standard InChI is InChI=1S/C21H28N4O3/c1-12(2)10-18(19-22-13(3)28-25-19)23-20(26)17-9-8-16(15-6-7-15)21(24-17)27-11-14-4-5-14/h8-9,12,14-15,18H,4-7,10-11H2,1-3H3,(H,23,26). The van der Waals surface area contributed by atoms with E-state index in [9.17, 15) is 4.79 Å². The van der Waals surface area contributed by atoms with Gasteiger partial charge in [0, 0.05) is 12.5 Å². The normalized spacial score (nSPS) is 17.6. The van der Waals surface area contributed by atoms with Crippen LogP contribution in [0.3, 0.4) is 0 Å². The molecule has 2 saturated carbocycles. The van der Waals surface area contributed by atoms with Crippen LogP contribution in [-0.4, -0.2) is 27.6 Å².